The third-order valence-electron chi connectivity index (χ3n) is 1.74. The summed E-state index contributed by atoms with van der Waals surface area (Å²) in [6.07, 6.45) is 6.78. The van der Waals surface area contributed by atoms with Crippen molar-refractivity contribution in [3.05, 3.63) is 52.0 Å². The van der Waals surface area contributed by atoms with Crippen LogP contribution >= 0.6 is 27.5 Å². The lowest BCUT2D eigenvalue weighted by molar-refractivity contribution is -0.111. The molecule has 0 heterocycles. The third kappa shape index (κ3) is 4.21. The summed E-state index contributed by atoms with van der Waals surface area (Å²) in [5.74, 6) is -0.180. The van der Waals surface area contributed by atoms with E-state index in [0.717, 1.165) is 4.47 Å². The molecular formula is C12H11BrClNO. The van der Waals surface area contributed by atoms with Crippen LogP contribution < -0.4 is 5.32 Å². The van der Waals surface area contributed by atoms with E-state index in [1.54, 1.807) is 30.4 Å². The highest BCUT2D eigenvalue weighted by Crippen LogP contribution is 2.25. The molecule has 0 radical (unpaired) electrons. The van der Waals surface area contributed by atoms with E-state index in [1.165, 1.54) is 6.08 Å². The molecule has 0 fully saturated rings. The Morgan fingerprint density at radius 3 is 2.81 bits per heavy atom. The number of halogens is 2. The zero-order valence-corrected chi connectivity index (χ0v) is 11.0. The highest BCUT2D eigenvalue weighted by atomic mass is 79.9. The van der Waals surface area contributed by atoms with Crippen LogP contribution in [0.1, 0.15) is 6.92 Å². The van der Waals surface area contributed by atoms with E-state index in [4.69, 9.17) is 11.6 Å². The molecule has 2 nitrogen and oxygen atoms in total. The lowest BCUT2D eigenvalue weighted by Gasteiger charge is -2.04. The van der Waals surface area contributed by atoms with Crippen molar-refractivity contribution in [1.82, 2.24) is 0 Å². The molecule has 0 aliphatic rings. The topological polar surface area (TPSA) is 29.1 Å². The second kappa shape index (κ2) is 6.51. The summed E-state index contributed by atoms with van der Waals surface area (Å²) in [5, 5.41) is 3.35. The second-order valence-corrected chi connectivity index (χ2v) is 4.29. The number of hydrogen-bond donors (Lipinski definition) is 1. The van der Waals surface area contributed by atoms with E-state index in [9.17, 15) is 4.79 Å². The Kier molecular flexibility index (Phi) is 5.29. The summed E-state index contributed by atoms with van der Waals surface area (Å²) in [7, 11) is 0. The van der Waals surface area contributed by atoms with Gasteiger partial charge >= 0.3 is 0 Å². The van der Waals surface area contributed by atoms with Crippen molar-refractivity contribution >= 4 is 39.1 Å². The second-order valence-electron chi connectivity index (χ2n) is 3.00. The minimum Gasteiger partial charge on any atom is -0.321 e. The van der Waals surface area contributed by atoms with Crippen molar-refractivity contribution < 1.29 is 4.79 Å². The Balaban J connectivity index is 2.70. The molecule has 0 unspecified atom stereocenters. The first-order chi connectivity index (χ1) is 7.63. The van der Waals surface area contributed by atoms with Gasteiger partial charge in [-0.3, -0.25) is 4.79 Å². The maximum Gasteiger partial charge on any atom is 0.248 e. The van der Waals surface area contributed by atoms with Crippen LogP contribution in [0.4, 0.5) is 5.69 Å². The highest BCUT2D eigenvalue weighted by Gasteiger charge is 2.02. The minimum atomic E-state index is -0.180. The number of carbonyl (C=O) groups is 1. The Morgan fingerprint density at radius 2 is 2.19 bits per heavy atom. The SMILES string of the molecule is CC=CC=CC(=O)Nc1ccc(Cl)cc1Br. The fraction of sp³-hybridized carbons (Fsp3) is 0.0833. The van der Waals surface area contributed by atoms with Gasteiger partial charge in [-0.15, -0.1) is 0 Å². The average Bonchev–Trinajstić information content (AvgIpc) is 2.23. The van der Waals surface area contributed by atoms with Gasteiger partial charge in [0.25, 0.3) is 0 Å². The number of benzene rings is 1. The van der Waals surface area contributed by atoms with Crippen LogP contribution in [0, 0.1) is 0 Å². The fourth-order valence-corrected chi connectivity index (χ4v) is 1.80. The third-order valence-corrected chi connectivity index (χ3v) is 2.63. The summed E-state index contributed by atoms with van der Waals surface area (Å²) in [6.45, 7) is 1.89. The van der Waals surface area contributed by atoms with E-state index in [2.05, 4.69) is 21.2 Å². The van der Waals surface area contributed by atoms with Crippen molar-refractivity contribution in [2.45, 2.75) is 6.92 Å². The summed E-state index contributed by atoms with van der Waals surface area (Å²) in [4.78, 5) is 11.4. The van der Waals surface area contributed by atoms with Gasteiger partial charge in [-0.05, 0) is 41.1 Å². The maximum atomic E-state index is 11.4. The molecule has 1 N–H and O–H groups in total. The van der Waals surface area contributed by atoms with Crippen LogP contribution in [0.5, 0.6) is 0 Å². The molecule has 4 heteroatoms. The molecule has 0 saturated carbocycles. The standard InChI is InChI=1S/C12H11BrClNO/c1-2-3-4-5-12(16)15-11-7-6-9(14)8-10(11)13/h2-8H,1H3,(H,15,16). The number of anilines is 1. The summed E-state index contributed by atoms with van der Waals surface area (Å²) in [6, 6.07) is 5.19. The van der Waals surface area contributed by atoms with Crippen LogP contribution in [0.25, 0.3) is 0 Å². The number of hydrogen-bond acceptors (Lipinski definition) is 1. The van der Waals surface area contributed by atoms with Gasteiger partial charge in [-0.2, -0.15) is 0 Å². The van der Waals surface area contributed by atoms with E-state index in [1.807, 2.05) is 13.0 Å². The minimum absolute atomic E-state index is 0.180. The molecule has 0 aromatic heterocycles. The van der Waals surface area contributed by atoms with Gasteiger partial charge in [0.15, 0.2) is 0 Å². The molecule has 0 atom stereocenters. The lowest BCUT2D eigenvalue weighted by Crippen LogP contribution is -2.08. The van der Waals surface area contributed by atoms with E-state index < -0.39 is 0 Å². The quantitative estimate of drug-likeness (QED) is 0.658. The Labute approximate surface area is 108 Å². The smallest absolute Gasteiger partial charge is 0.248 e. The largest absolute Gasteiger partial charge is 0.321 e. The molecule has 1 aromatic carbocycles. The summed E-state index contributed by atoms with van der Waals surface area (Å²) < 4.78 is 0.757. The van der Waals surface area contributed by atoms with E-state index in [0.29, 0.717) is 10.7 Å². The predicted molar refractivity (Wildman–Crippen MR) is 71.7 cm³/mol. The molecule has 1 amide bonds. The number of carbonyl (C=O) groups excluding carboxylic acids is 1. The molecule has 1 rings (SSSR count). The number of amides is 1. The molecule has 84 valence electrons. The Bertz CT molecular complexity index is 441. The molecule has 0 spiro atoms. The number of allylic oxidation sites excluding steroid dienone is 3. The van der Waals surface area contributed by atoms with Gasteiger partial charge < -0.3 is 5.32 Å². The Hall–Kier alpha value is -1.06. The molecular weight excluding hydrogens is 289 g/mol. The van der Waals surface area contributed by atoms with Gasteiger partial charge in [0.05, 0.1) is 5.69 Å². The molecule has 0 aliphatic heterocycles. The van der Waals surface area contributed by atoms with Crippen LogP contribution in [0.2, 0.25) is 5.02 Å². The van der Waals surface area contributed by atoms with Gasteiger partial charge in [-0.25, -0.2) is 0 Å². The van der Waals surface area contributed by atoms with Crippen molar-refractivity contribution in [1.29, 1.82) is 0 Å². The molecule has 0 bridgehead atoms. The molecule has 16 heavy (non-hydrogen) atoms. The normalized spacial score (nSPS) is 11.2. The van der Waals surface area contributed by atoms with Crippen molar-refractivity contribution in [3.8, 4) is 0 Å². The van der Waals surface area contributed by atoms with Crippen molar-refractivity contribution in [2.24, 2.45) is 0 Å². The monoisotopic (exact) mass is 299 g/mol. The van der Waals surface area contributed by atoms with E-state index >= 15 is 0 Å². The zero-order chi connectivity index (χ0) is 12.0. The van der Waals surface area contributed by atoms with E-state index in [-0.39, 0.29) is 5.91 Å². The van der Waals surface area contributed by atoms with Gasteiger partial charge in [0.2, 0.25) is 5.91 Å². The summed E-state index contributed by atoms with van der Waals surface area (Å²) in [5.41, 5.74) is 0.694. The molecule has 1 aromatic rings. The van der Waals surface area contributed by atoms with Crippen molar-refractivity contribution in [2.75, 3.05) is 5.32 Å². The molecule has 0 saturated heterocycles. The first kappa shape index (κ1) is 13.0. The number of rotatable bonds is 3. The average molecular weight is 301 g/mol. The fourth-order valence-electron chi connectivity index (χ4n) is 1.02. The highest BCUT2D eigenvalue weighted by molar-refractivity contribution is 9.10. The van der Waals surface area contributed by atoms with Crippen molar-refractivity contribution in [3.63, 3.8) is 0 Å². The maximum absolute atomic E-state index is 11.4. The zero-order valence-electron chi connectivity index (χ0n) is 8.71. The van der Waals surface area contributed by atoms with Gasteiger partial charge in [-0.1, -0.05) is 29.8 Å². The predicted octanol–water partition coefficient (Wildman–Crippen LogP) is 4.17. The Morgan fingerprint density at radius 1 is 1.44 bits per heavy atom. The van der Waals surface area contributed by atoms with Crippen LogP contribution in [-0.2, 0) is 4.79 Å². The molecule has 0 aliphatic carbocycles. The van der Waals surface area contributed by atoms with Gasteiger partial charge in [0, 0.05) is 15.6 Å². The summed E-state index contributed by atoms with van der Waals surface area (Å²) >= 11 is 9.11. The first-order valence-corrected chi connectivity index (χ1v) is 5.86. The van der Waals surface area contributed by atoms with Crippen LogP contribution in [0.15, 0.2) is 47.0 Å². The number of nitrogens with one attached hydrogen (secondary N) is 1. The van der Waals surface area contributed by atoms with Crippen LogP contribution in [0.3, 0.4) is 0 Å². The lowest BCUT2D eigenvalue weighted by atomic mass is 10.3. The first-order valence-electron chi connectivity index (χ1n) is 4.69. The van der Waals surface area contributed by atoms with Gasteiger partial charge in [0.1, 0.15) is 0 Å². The van der Waals surface area contributed by atoms with Crippen LogP contribution in [-0.4, -0.2) is 5.91 Å².